The van der Waals surface area contributed by atoms with Crippen LogP contribution in [0.4, 0.5) is 11.4 Å². The summed E-state index contributed by atoms with van der Waals surface area (Å²) in [6.45, 7) is 0. The third kappa shape index (κ3) is 4.14. The van der Waals surface area contributed by atoms with E-state index >= 15 is 0 Å². The van der Waals surface area contributed by atoms with Crippen molar-refractivity contribution in [3.63, 3.8) is 0 Å². The van der Waals surface area contributed by atoms with Crippen molar-refractivity contribution in [2.24, 2.45) is 0 Å². The molecule has 0 radical (unpaired) electrons. The maximum absolute atomic E-state index is 12.7. The van der Waals surface area contributed by atoms with Crippen LogP contribution in [0.3, 0.4) is 0 Å². The number of halogens is 1. The Morgan fingerprint density at radius 1 is 0.966 bits per heavy atom. The van der Waals surface area contributed by atoms with Gasteiger partial charge in [0.05, 0.1) is 17.4 Å². The van der Waals surface area contributed by atoms with Crippen molar-refractivity contribution < 1.29 is 13.2 Å². The fourth-order valence-electron chi connectivity index (χ4n) is 2.70. The molecule has 146 valence electrons. The van der Waals surface area contributed by atoms with Crippen LogP contribution in [0.1, 0.15) is 10.4 Å². The van der Waals surface area contributed by atoms with Gasteiger partial charge in [-0.3, -0.25) is 9.52 Å². The molecule has 10 heteroatoms. The molecule has 2 N–H and O–H groups in total. The van der Waals surface area contributed by atoms with Crippen LogP contribution in [-0.4, -0.2) is 23.1 Å². The second kappa shape index (κ2) is 7.90. The van der Waals surface area contributed by atoms with Crippen LogP contribution in [0, 0.1) is 0 Å². The Bertz CT molecular complexity index is 1320. The molecule has 4 aromatic rings. The summed E-state index contributed by atoms with van der Waals surface area (Å²) < 4.78 is 36.6. The Labute approximate surface area is 179 Å². The first kappa shape index (κ1) is 19.5. The molecule has 0 atom stereocenters. The third-order valence-electron chi connectivity index (χ3n) is 4.04. The Kier molecular flexibility index (Phi) is 5.31. The molecule has 0 aliphatic heterocycles. The number of sulfonamides is 1. The molecule has 0 unspecified atom stereocenters. The van der Waals surface area contributed by atoms with Crippen molar-refractivity contribution in [1.82, 2.24) is 8.75 Å². The molecule has 0 saturated carbocycles. The Hall–Kier alpha value is -2.82. The van der Waals surface area contributed by atoms with Gasteiger partial charge >= 0.3 is 0 Å². The lowest BCUT2D eigenvalue weighted by Crippen LogP contribution is -2.15. The van der Waals surface area contributed by atoms with E-state index in [0.717, 1.165) is 11.7 Å². The zero-order valence-electron chi connectivity index (χ0n) is 14.7. The number of hydrogen-bond acceptors (Lipinski definition) is 6. The molecule has 0 saturated heterocycles. The minimum absolute atomic E-state index is 0.109. The summed E-state index contributed by atoms with van der Waals surface area (Å²) in [5.41, 5.74) is 2.43. The summed E-state index contributed by atoms with van der Waals surface area (Å²) in [5.74, 6) is -0.382. The normalized spacial score (nSPS) is 11.3. The minimum atomic E-state index is -3.81. The molecular formula is C19H13BrN4O3S2. The van der Waals surface area contributed by atoms with Crippen molar-refractivity contribution in [3.8, 4) is 0 Å². The maximum atomic E-state index is 12.7. The Morgan fingerprint density at radius 2 is 1.76 bits per heavy atom. The standard InChI is InChI=1S/C19H13BrN4O3S2/c20-14-7-1-2-10-17(14)29(26,27)24-13-6-3-5-12(11-13)19(25)21-15-8-4-9-16-18(15)23-28-22-16/h1-11,24H,(H,21,25). The molecule has 1 heterocycles. The monoisotopic (exact) mass is 488 g/mol. The molecular weight excluding hydrogens is 476 g/mol. The highest BCUT2D eigenvalue weighted by atomic mass is 79.9. The largest absolute Gasteiger partial charge is 0.320 e. The van der Waals surface area contributed by atoms with Crippen LogP contribution in [0.2, 0.25) is 0 Å². The van der Waals surface area contributed by atoms with E-state index in [2.05, 4.69) is 34.7 Å². The third-order valence-corrected chi connectivity index (χ3v) is 6.97. The summed E-state index contributed by atoms with van der Waals surface area (Å²) in [6.07, 6.45) is 0. The van der Waals surface area contributed by atoms with Gasteiger partial charge in [0.15, 0.2) is 0 Å². The van der Waals surface area contributed by atoms with E-state index in [-0.39, 0.29) is 16.5 Å². The van der Waals surface area contributed by atoms with Gasteiger partial charge in [-0.2, -0.15) is 8.75 Å². The molecule has 0 fully saturated rings. The number of anilines is 2. The average Bonchev–Trinajstić information content (AvgIpc) is 3.18. The molecule has 4 rings (SSSR count). The molecule has 0 spiro atoms. The lowest BCUT2D eigenvalue weighted by atomic mass is 10.2. The highest BCUT2D eigenvalue weighted by Gasteiger charge is 2.18. The molecule has 1 amide bonds. The Balaban J connectivity index is 1.58. The van der Waals surface area contributed by atoms with E-state index in [9.17, 15) is 13.2 Å². The SMILES string of the molecule is O=C(Nc1cccc2nsnc12)c1cccc(NS(=O)(=O)c2ccccc2Br)c1. The topological polar surface area (TPSA) is 101 Å². The molecule has 0 aliphatic carbocycles. The van der Waals surface area contributed by atoms with Crippen LogP contribution in [0.25, 0.3) is 11.0 Å². The highest BCUT2D eigenvalue weighted by Crippen LogP contribution is 2.25. The first-order valence-corrected chi connectivity index (χ1v) is 11.3. The van der Waals surface area contributed by atoms with Gasteiger partial charge in [-0.1, -0.05) is 24.3 Å². The van der Waals surface area contributed by atoms with Crippen molar-refractivity contribution in [2.75, 3.05) is 10.0 Å². The zero-order valence-corrected chi connectivity index (χ0v) is 17.9. The maximum Gasteiger partial charge on any atom is 0.263 e. The fourth-order valence-corrected chi connectivity index (χ4v) is 5.30. The van der Waals surface area contributed by atoms with E-state index in [4.69, 9.17) is 0 Å². The average molecular weight is 489 g/mol. The van der Waals surface area contributed by atoms with Gasteiger partial charge in [0.1, 0.15) is 15.9 Å². The summed E-state index contributed by atoms with van der Waals surface area (Å²) in [7, 11) is -3.81. The number of rotatable bonds is 5. The Morgan fingerprint density at radius 3 is 2.59 bits per heavy atom. The highest BCUT2D eigenvalue weighted by molar-refractivity contribution is 9.10. The molecule has 7 nitrogen and oxygen atoms in total. The number of carbonyl (C=O) groups excluding carboxylic acids is 1. The van der Waals surface area contributed by atoms with Crippen LogP contribution < -0.4 is 10.0 Å². The molecule has 3 aromatic carbocycles. The van der Waals surface area contributed by atoms with Crippen molar-refractivity contribution in [3.05, 3.63) is 76.8 Å². The lowest BCUT2D eigenvalue weighted by molar-refractivity contribution is 0.102. The number of hydrogen-bond donors (Lipinski definition) is 2. The number of amides is 1. The van der Waals surface area contributed by atoms with Crippen molar-refractivity contribution >= 4 is 66.0 Å². The van der Waals surface area contributed by atoms with E-state index in [0.29, 0.717) is 26.8 Å². The van der Waals surface area contributed by atoms with Gasteiger partial charge in [-0.15, -0.1) is 0 Å². The summed E-state index contributed by atoms with van der Waals surface area (Å²) in [6, 6.07) is 18.1. The first-order valence-electron chi connectivity index (χ1n) is 8.34. The number of fused-ring (bicyclic) bond motifs is 1. The van der Waals surface area contributed by atoms with Gasteiger partial charge < -0.3 is 5.32 Å². The number of nitrogens with zero attached hydrogens (tertiary/aromatic N) is 2. The predicted octanol–water partition coefficient (Wildman–Crippen LogP) is 4.51. The van der Waals surface area contributed by atoms with Gasteiger partial charge in [0, 0.05) is 15.7 Å². The molecule has 1 aromatic heterocycles. The summed E-state index contributed by atoms with van der Waals surface area (Å²) >= 11 is 4.31. The molecule has 29 heavy (non-hydrogen) atoms. The summed E-state index contributed by atoms with van der Waals surface area (Å²) in [4.78, 5) is 12.8. The lowest BCUT2D eigenvalue weighted by Gasteiger charge is -2.11. The van der Waals surface area contributed by atoms with E-state index in [1.807, 2.05) is 6.07 Å². The summed E-state index contributed by atoms with van der Waals surface area (Å²) in [5, 5.41) is 2.80. The van der Waals surface area contributed by atoms with Crippen LogP contribution in [0.15, 0.2) is 76.1 Å². The fraction of sp³-hybridized carbons (Fsp3) is 0. The van der Waals surface area contributed by atoms with E-state index in [1.54, 1.807) is 48.5 Å². The second-order valence-corrected chi connectivity index (χ2v) is 9.04. The van der Waals surface area contributed by atoms with Gasteiger partial charge in [0.2, 0.25) is 0 Å². The number of nitrogens with one attached hydrogen (secondary N) is 2. The van der Waals surface area contributed by atoms with Crippen molar-refractivity contribution in [1.29, 1.82) is 0 Å². The van der Waals surface area contributed by atoms with Gasteiger partial charge in [0.25, 0.3) is 15.9 Å². The molecule has 0 bridgehead atoms. The first-order chi connectivity index (χ1) is 13.9. The second-order valence-electron chi connectivity index (χ2n) is 6.01. The predicted molar refractivity (Wildman–Crippen MR) is 117 cm³/mol. The van der Waals surface area contributed by atoms with Crippen molar-refractivity contribution in [2.45, 2.75) is 4.90 Å². The number of aromatic nitrogens is 2. The number of carbonyl (C=O) groups is 1. The quantitative estimate of drug-likeness (QED) is 0.430. The minimum Gasteiger partial charge on any atom is -0.320 e. The van der Waals surface area contributed by atoms with Crippen LogP contribution in [-0.2, 0) is 10.0 Å². The van der Waals surface area contributed by atoms with Gasteiger partial charge in [-0.25, -0.2) is 8.42 Å². The van der Waals surface area contributed by atoms with Crippen LogP contribution >= 0.6 is 27.7 Å². The number of benzene rings is 3. The zero-order chi connectivity index (χ0) is 20.4. The van der Waals surface area contributed by atoms with Gasteiger partial charge in [-0.05, 0) is 58.4 Å². The van der Waals surface area contributed by atoms with E-state index in [1.165, 1.54) is 12.1 Å². The van der Waals surface area contributed by atoms with E-state index < -0.39 is 10.0 Å². The van der Waals surface area contributed by atoms with Crippen LogP contribution in [0.5, 0.6) is 0 Å². The molecule has 0 aliphatic rings. The smallest absolute Gasteiger partial charge is 0.263 e.